The first-order chi connectivity index (χ1) is 12.3. The molecule has 2 amide bonds. The van der Waals surface area contributed by atoms with Gasteiger partial charge in [-0.05, 0) is 38.8 Å². The van der Waals surface area contributed by atoms with Gasteiger partial charge in [-0.2, -0.15) is 0 Å². The van der Waals surface area contributed by atoms with Gasteiger partial charge in [0.15, 0.2) is 0 Å². The number of anilines is 1. The van der Waals surface area contributed by atoms with Crippen LogP contribution in [0, 0.1) is 13.8 Å². The predicted octanol–water partition coefficient (Wildman–Crippen LogP) is 2.44. The number of hydrogen-bond acceptors (Lipinski definition) is 5. The number of halogens is 1. The molecule has 2 aromatic rings. The van der Waals surface area contributed by atoms with Gasteiger partial charge in [0.05, 0.1) is 16.1 Å². The average Bonchev–Trinajstić information content (AvgIpc) is 2.94. The summed E-state index contributed by atoms with van der Waals surface area (Å²) >= 11 is 6.24. The first-order valence-electron chi connectivity index (χ1n) is 8.43. The van der Waals surface area contributed by atoms with E-state index < -0.39 is 5.91 Å². The molecule has 0 unspecified atom stereocenters. The van der Waals surface area contributed by atoms with E-state index in [0.29, 0.717) is 35.3 Å². The molecule has 0 spiro atoms. The Labute approximate surface area is 156 Å². The second-order valence-corrected chi connectivity index (χ2v) is 6.86. The molecule has 1 aliphatic heterocycles. The van der Waals surface area contributed by atoms with Crippen molar-refractivity contribution in [3.8, 4) is 0 Å². The van der Waals surface area contributed by atoms with Gasteiger partial charge in [0.25, 0.3) is 5.91 Å². The van der Waals surface area contributed by atoms with Crippen LogP contribution in [0.1, 0.15) is 45.1 Å². The lowest BCUT2D eigenvalue weighted by Crippen LogP contribution is -2.45. The zero-order chi connectivity index (χ0) is 18.8. The second kappa shape index (κ2) is 7.37. The summed E-state index contributed by atoms with van der Waals surface area (Å²) in [4.78, 5) is 29.9. The highest BCUT2D eigenvalue weighted by Gasteiger charge is 2.24. The predicted molar refractivity (Wildman–Crippen MR) is 98.6 cm³/mol. The third-order valence-electron chi connectivity index (χ3n) is 4.52. The third-order valence-corrected chi connectivity index (χ3v) is 4.80. The highest BCUT2D eigenvalue weighted by Crippen LogP contribution is 2.27. The van der Waals surface area contributed by atoms with Gasteiger partial charge in [-0.3, -0.25) is 9.59 Å². The molecular formula is C18H21ClN4O3. The van der Waals surface area contributed by atoms with Crippen LogP contribution < -0.4 is 16.0 Å². The quantitative estimate of drug-likeness (QED) is 0.853. The number of pyridine rings is 1. The second-order valence-electron chi connectivity index (χ2n) is 6.46. The molecule has 0 aromatic carbocycles. The number of aromatic nitrogens is 1. The van der Waals surface area contributed by atoms with Crippen LogP contribution >= 0.6 is 11.6 Å². The summed E-state index contributed by atoms with van der Waals surface area (Å²) in [5.41, 5.74) is 6.10. The number of nitrogens with zero attached hydrogens (tertiary/aromatic N) is 2. The standard InChI is InChI=1S/C18H21ClN4O3/c1-10-7-14(11(2)26-10)18(25)22-13-3-5-23(6-4-13)17-15(19)8-12(9-21-17)16(20)24/h7-9,13H,3-6H2,1-2H3,(H2,20,24)(H,22,25). The molecule has 0 bridgehead atoms. The molecular weight excluding hydrogens is 356 g/mol. The largest absolute Gasteiger partial charge is 0.466 e. The molecule has 3 rings (SSSR count). The molecule has 3 N–H and O–H groups in total. The summed E-state index contributed by atoms with van der Waals surface area (Å²) < 4.78 is 5.41. The molecule has 8 heteroatoms. The van der Waals surface area contributed by atoms with Crippen LogP contribution in [0.15, 0.2) is 22.7 Å². The monoisotopic (exact) mass is 376 g/mol. The van der Waals surface area contributed by atoms with Crippen molar-refractivity contribution in [2.75, 3.05) is 18.0 Å². The lowest BCUT2D eigenvalue weighted by Gasteiger charge is -2.33. The molecule has 0 aliphatic carbocycles. The Morgan fingerprint density at radius 2 is 2.00 bits per heavy atom. The van der Waals surface area contributed by atoms with Crippen molar-refractivity contribution in [2.45, 2.75) is 32.7 Å². The first-order valence-corrected chi connectivity index (χ1v) is 8.81. The Morgan fingerprint density at radius 1 is 1.31 bits per heavy atom. The van der Waals surface area contributed by atoms with Crippen molar-refractivity contribution in [1.29, 1.82) is 0 Å². The zero-order valence-corrected chi connectivity index (χ0v) is 15.5. The number of hydrogen-bond donors (Lipinski definition) is 2. The summed E-state index contributed by atoms with van der Waals surface area (Å²) in [5.74, 6) is 1.31. The van der Waals surface area contributed by atoms with E-state index in [4.69, 9.17) is 21.8 Å². The molecule has 1 saturated heterocycles. The average molecular weight is 377 g/mol. The summed E-state index contributed by atoms with van der Waals surface area (Å²) in [5, 5.41) is 3.46. The number of carbonyl (C=O) groups excluding carboxylic acids is 2. The Kier molecular flexibility index (Phi) is 5.18. The number of aryl methyl sites for hydroxylation is 2. The summed E-state index contributed by atoms with van der Waals surface area (Å²) in [6.07, 6.45) is 2.98. The fourth-order valence-corrected chi connectivity index (χ4v) is 3.44. The van der Waals surface area contributed by atoms with E-state index in [9.17, 15) is 9.59 Å². The SMILES string of the molecule is Cc1cc(C(=O)NC2CCN(c3ncc(C(N)=O)cc3Cl)CC2)c(C)o1. The number of rotatable bonds is 4. The first kappa shape index (κ1) is 18.3. The van der Waals surface area contributed by atoms with Gasteiger partial charge in [-0.25, -0.2) is 4.98 Å². The van der Waals surface area contributed by atoms with E-state index in [-0.39, 0.29) is 17.5 Å². The molecule has 3 heterocycles. The van der Waals surface area contributed by atoms with Crippen LogP contribution in [-0.2, 0) is 0 Å². The van der Waals surface area contributed by atoms with Gasteiger partial charge in [0.2, 0.25) is 5.91 Å². The molecule has 0 radical (unpaired) electrons. The lowest BCUT2D eigenvalue weighted by atomic mass is 10.0. The molecule has 2 aromatic heterocycles. The lowest BCUT2D eigenvalue weighted by molar-refractivity contribution is 0.0928. The fraction of sp³-hybridized carbons (Fsp3) is 0.389. The van der Waals surface area contributed by atoms with Gasteiger partial charge in [0, 0.05) is 25.3 Å². The minimum Gasteiger partial charge on any atom is -0.466 e. The van der Waals surface area contributed by atoms with E-state index in [0.717, 1.165) is 18.6 Å². The van der Waals surface area contributed by atoms with Crippen molar-refractivity contribution in [1.82, 2.24) is 10.3 Å². The fourth-order valence-electron chi connectivity index (χ4n) is 3.15. The van der Waals surface area contributed by atoms with E-state index >= 15 is 0 Å². The summed E-state index contributed by atoms with van der Waals surface area (Å²) in [6.45, 7) is 5.02. The van der Waals surface area contributed by atoms with Crippen molar-refractivity contribution in [3.63, 3.8) is 0 Å². The van der Waals surface area contributed by atoms with Crippen LogP contribution in [0.3, 0.4) is 0 Å². The maximum atomic E-state index is 12.4. The number of nitrogens with one attached hydrogen (secondary N) is 1. The van der Waals surface area contributed by atoms with Gasteiger partial charge in [-0.15, -0.1) is 0 Å². The summed E-state index contributed by atoms with van der Waals surface area (Å²) in [7, 11) is 0. The van der Waals surface area contributed by atoms with Crippen molar-refractivity contribution in [2.24, 2.45) is 5.73 Å². The Bertz CT molecular complexity index is 841. The number of amides is 2. The van der Waals surface area contributed by atoms with Gasteiger partial charge in [0.1, 0.15) is 17.3 Å². The van der Waals surface area contributed by atoms with Gasteiger partial charge in [-0.1, -0.05) is 11.6 Å². The third kappa shape index (κ3) is 3.83. The maximum absolute atomic E-state index is 12.4. The van der Waals surface area contributed by atoms with E-state index in [1.807, 2.05) is 11.8 Å². The maximum Gasteiger partial charge on any atom is 0.255 e. The zero-order valence-electron chi connectivity index (χ0n) is 14.7. The normalized spacial score (nSPS) is 15.1. The number of carbonyl (C=O) groups is 2. The Hall–Kier alpha value is -2.54. The minimum absolute atomic E-state index is 0.0806. The van der Waals surface area contributed by atoms with Crippen LogP contribution in [0.5, 0.6) is 0 Å². The van der Waals surface area contributed by atoms with Crippen LogP contribution in [0.2, 0.25) is 5.02 Å². The highest BCUT2D eigenvalue weighted by atomic mass is 35.5. The van der Waals surface area contributed by atoms with Crippen LogP contribution in [-0.4, -0.2) is 35.9 Å². The van der Waals surface area contributed by atoms with E-state index in [1.54, 1.807) is 13.0 Å². The topological polar surface area (TPSA) is 101 Å². The smallest absolute Gasteiger partial charge is 0.255 e. The van der Waals surface area contributed by atoms with Crippen molar-refractivity contribution < 1.29 is 14.0 Å². The molecule has 1 fully saturated rings. The molecule has 0 saturated carbocycles. The summed E-state index contributed by atoms with van der Waals surface area (Å²) in [6, 6.07) is 3.37. The highest BCUT2D eigenvalue weighted by molar-refractivity contribution is 6.33. The van der Waals surface area contributed by atoms with Crippen molar-refractivity contribution in [3.05, 3.63) is 46.0 Å². The molecule has 1 aliphatic rings. The Balaban J connectivity index is 1.60. The molecule has 138 valence electrons. The Morgan fingerprint density at radius 3 is 2.54 bits per heavy atom. The van der Waals surface area contributed by atoms with Crippen molar-refractivity contribution >= 4 is 29.2 Å². The minimum atomic E-state index is -0.558. The molecule has 0 atom stereocenters. The van der Waals surface area contributed by atoms with E-state index in [2.05, 4.69) is 10.3 Å². The van der Waals surface area contributed by atoms with E-state index in [1.165, 1.54) is 12.3 Å². The number of piperidine rings is 1. The molecule has 26 heavy (non-hydrogen) atoms. The molecule has 7 nitrogen and oxygen atoms in total. The van der Waals surface area contributed by atoms with Crippen LogP contribution in [0.4, 0.5) is 5.82 Å². The number of nitrogens with two attached hydrogens (primary N) is 1. The van der Waals surface area contributed by atoms with Gasteiger partial charge >= 0.3 is 0 Å². The number of primary amides is 1. The number of furan rings is 1. The van der Waals surface area contributed by atoms with Crippen LogP contribution in [0.25, 0.3) is 0 Å². The van der Waals surface area contributed by atoms with Gasteiger partial charge < -0.3 is 20.4 Å².